The third kappa shape index (κ3) is 3.87. The van der Waals surface area contributed by atoms with Crippen LogP contribution in [0, 0.1) is 0 Å². The van der Waals surface area contributed by atoms with E-state index in [0.717, 1.165) is 92.1 Å². The van der Waals surface area contributed by atoms with Crippen LogP contribution >= 0.6 is 31.9 Å². The highest BCUT2D eigenvalue weighted by molar-refractivity contribution is 9.11. The third-order valence-electron chi connectivity index (χ3n) is 12.8. The van der Waals surface area contributed by atoms with Crippen LogP contribution < -0.4 is 26.5 Å². The van der Waals surface area contributed by atoms with Gasteiger partial charge in [-0.1, -0.05) is 153 Å². The van der Waals surface area contributed by atoms with Crippen LogP contribution in [0.15, 0.2) is 165 Å². The Morgan fingerprint density at radius 1 is 0.500 bits per heavy atom. The van der Waals surface area contributed by atoms with Gasteiger partial charge in [-0.25, -0.2) is 4.99 Å². The van der Waals surface area contributed by atoms with Gasteiger partial charge in [0.1, 0.15) is 5.76 Å². The van der Waals surface area contributed by atoms with Gasteiger partial charge >= 0.3 is 0 Å². The fourth-order valence-corrected chi connectivity index (χ4v) is 11.3. The molecule has 0 fully saturated rings. The maximum atomic E-state index is 15.0. The quantitative estimate of drug-likeness (QED) is 0.132. The average molecular weight is 877 g/mol. The van der Waals surface area contributed by atoms with Crippen molar-refractivity contribution in [1.29, 1.82) is 0 Å². The summed E-state index contributed by atoms with van der Waals surface area (Å²) in [7, 11) is 0. The van der Waals surface area contributed by atoms with Crippen molar-refractivity contribution in [1.82, 2.24) is 0 Å². The minimum absolute atomic E-state index is 0.0408. The summed E-state index contributed by atoms with van der Waals surface area (Å²) in [6.07, 6.45) is 0. The monoisotopic (exact) mass is 874 g/mol. The Kier molecular flexibility index (Phi) is 6.25. The molecule has 2 aliphatic heterocycles. The first-order valence-corrected chi connectivity index (χ1v) is 20.8. The number of Topliss-reactive ketones (excluding diaryl/α,β-unsaturated/α-hetero) is 1. The zero-order valence-electron chi connectivity index (χ0n) is 30.4. The van der Waals surface area contributed by atoms with Crippen LogP contribution in [-0.2, 0) is 16.1 Å². The number of ketones is 1. The van der Waals surface area contributed by atoms with Crippen molar-refractivity contribution >= 4 is 87.4 Å². The molecule has 8 heteroatoms. The Bertz CT molecular complexity index is 3370. The molecule has 0 unspecified atom stereocenters. The molecule has 5 aliphatic rings. The molecule has 8 aromatic rings. The second-order valence-electron chi connectivity index (χ2n) is 15.5. The maximum Gasteiger partial charge on any atom is 0.201 e. The molecule has 274 valence electrons. The first-order chi connectivity index (χ1) is 28.4. The van der Waals surface area contributed by atoms with E-state index in [9.17, 15) is 9.90 Å². The number of hydrogen-bond donors (Lipinski definition) is 4. The van der Waals surface area contributed by atoms with E-state index in [0.29, 0.717) is 16.1 Å². The van der Waals surface area contributed by atoms with Crippen LogP contribution in [0.5, 0.6) is 0 Å². The van der Waals surface area contributed by atoms with Gasteiger partial charge in [0.05, 0.1) is 22.2 Å². The van der Waals surface area contributed by atoms with Gasteiger partial charge in [0.25, 0.3) is 0 Å². The van der Waals surface area contributed by atoms with E-state index < -0.39 is 11.3 Å². The van der Waals surface area contributed by atoms with Crippen molar-refractivity contribution in [2.45, 2.75) is 11.3 Å². The van der Waals surface area contributed by atoms with E-state index in [-0.39, 0.29) is 22.7 Å². The van der Waals surface area contributed by atoms with Gasteiger partial charge in [-0.2, -0.15) is 0 Å². The lowest BCUT2D eigenvalue weighted by Crippen LogP contribution is -2.45. The smallest absolute Gasteiger partial charge is 0.201 e. The van der Waals surface area contributed by atoms with Crippen molar-refractivity contribution < 1.29 is 9.90 Å². The summed E-state index contributed by atoms with van der Waals surface area (Å²) in [6.45, 7) is 0. The van der Waals surface area contributed by atoms with Crippen molar-refractivity contribution in [2.75, 3.05) is 16.0 Å². The van der Waals surface area contributed by atoms with Gasteiger partial charge in [-0.05, 0) is 46.5 Å². The zero-order valence-corrected chi connectivity index (χ0v) is 33.6. The zero-order chi connectivity index (χ0) is 38.7. The topological polar surface area (TPSA) is 85.8 Å². The standard InChI is InChI=1S/C50H28Br2N4O2/c51-37-21-23-39-41-29(37)17-19-31(45(41)55-49(53-39)33-13-5-1-9-25(33)26-10-2-6-14-34(26)49)43-47(57)44(48(43)58)32-20-18-30-38(52)22-24-40-42(30)46(32)56-50(54-40)35-15-7-3-11-27(35)28-12-4-8-16-36(28)50/h1-24,53-55,57H/b44-32-. The highest BCUT2D eigenvalue weighted by Gasteiger charge is 2.49. The summed E-state index contributed by atoms with van der Waals surface area (Å²) in [5.74, 6) is -0.269. The molecule has 3 aliphatic carbocycles. The molecule has 0 saturated heterocycles. The van der Waals surface area contributed by atoms with Gasteiger partial charge < -0.3 is 21.1 Å². The van der Waals surface area contributed by atoms with E-state index in [2.05, 4.69) is 151 Å². The van der Waals surface area contributed by atoms with E-state index in [4.69, 9.17) is 4.99 Å². The fraction of sp³-hybridized carbons (Fsp3) is 0.0400. The lowest BCUT2D eigenvalue weighted by molar-refractivity contribution is -0.109. The number of nitrogens with one attached hydrogen (secondary N) is 3. The number of allylic oxidation sites excluding steroid dienone is 2. The van der Waals surface area contributed by atoms with E-state index in [1.807, 2.05) is 42.5 Å². The normalized spacial score (nSPS) is 17.5. The number of benzene rings is 8. The Morgan fingerprint density at radius 3 is 1.62 bits per heavy atom. The first kappa shape index (κ1) is 32.6. The second kappa shape index (κ2) is 11.1. The number of rotatable bonds is 1. The number of carbonyl (C=O) groups excluding carboxylic acids is 1. The molecule has 2 heterocycles. The molecule has 58 heavy (non-hydrogen) atoms. The molecule has 2 spiro atoms. The van der Waals surface area contributed by atoms with Crippen molar-refractivity contribution in [3.05, 3.63) is 199 Å². The Hall–Kier alpha value is -6.48. The predicted molar refractivity (Wildman–Crippen MR) is 238 cm³/mol. The number of aliphatic hydroxyl groups is 1. The highest BCUT2D eigenvalue weighted by Crippen LogP contribution is 2.56. The minimum atomic E-state index is -0.933. The van der Waals surface area contributed by atoms with E-state index in [1.54, 1.807) is 0 Å². The second-order valence-corrected chi connectivity index (χ2v) is 17.3. The largest absolute Gasteiger partial charge is 0.506 e. The van der Waals surface area contributed by atoms with Gasteiger partial charge in [-0.15, -0.1) is 0 Å². The molecule has 0 amide bonds. The molecule has 0 atom stereocenters. The van der Waals surface area contributed by atoms with Crippen LogP contribution in [0.25, 0.3) is 54.9 Å². The van der Waals surface area contributed by atoms with Gasteiger partial charge in [0.15, 0.2) is 11.3 Å². The maximum absolute atomic E-state index is 15.0. The van der Waals surface area contributed by atoms with Gasteiger partial charge in [-0.3, -0.25) is 4.79 Å². The lowest BCUT2D eigenvalue weighted by Gasteiger charge is -2.41. The molecular formula is C50H28Br2N4O2. The summed E-state index contributed by atoms with van der Waals surface area (Å²) in [4.78, 5) is 20.6. The molecule has 4 N–H and O–H groups in total. The number of aliphatic hydroxyl groups excluding tert-OH is 1. The number of fused-ring (bicyclic) bond motifs is 10. The summed E-state index contributed by atoms with van der Waals surface area (Å²) < 4.78 is 1.86. The number of halogens is 2. The molecule has 6 nitrogen and oxygen atoms in total. The van der Waals surface area contributed by atoms with Crippen LogP contribution in [0.2, 0.25) is 0 Å². The summed E-state index contributed by atoms with van der Waals surface area (Å²) >= 11 is 7.57. The number of carbonyl (C=O) groups is 1. The Balaban J connectivity index is 1.08. The van der Waals surface area contributed by atoms with Crippen LogP contribution in [0.1, 0.15) is 27.8 Å². The lowest BCUT2D eigenvalue weighted by atomic mass is 9.79. The number of nitrogens with zero attached hydrogens (tertiary/aromatic N) is 1. The van der Waals surface area contributed by atoms with E-state index in [1.165, 1.54) is 0 Å². The molecule has 8 aromatic carbocycles. The fourth-order valence-electron chi connectivity index (χ4n) is 10.4. The van der Waals surface area contributed by atoms with E-state index >= 15 is 0 Å². The molecular weight excluding hydrogens is 848 g/mol. The first-order valence-electron chi connectivity index (χ1n) is 19.2. The van der Waals surface area contributed by atoms with Crippen molar-refractivity contribution in [3.63, 3.8) is 0 Å². The van der Waals surface area contributed by atoms with Gasteiger partial charge in [0, 0.05) is 74.9 Å². The Morgan fingerprint density at radius 2 is 1.02 bits per heavy atom. The molecule has 0 aromatic heterocycles. The average Bonchev–Trinajstić information content (AvgIpc) is 3.67. The molecule has 0 radical (unpaired) electrons. The summed E-state index contributed by atoms with van der Waals surface area (Å²) in [6, 6.07) is 49.8. The Labute approximate surface area is 348 Å². The number of hydrogen-bond acceptors (Lipinski definition) is 6. The van der Waals surface area contributed by atoms with Crippen LogP contribution in [0.4, 0.5) is 17.1 Å². The molecule has 0 bridgehead atoms. The minimum Gasteiger partial charge on any atom is -0.506 e. The van der Waals surface area contributed by atoms with Crippen LogP contribution in [0.3, 0.4) is 0 Å². The third-order valence-corrected chi connectivity index (χ3v) is 14.2. The SMILES string of the molecule is O=C1C(c2ccc3c(Br)ccc4c3c2NC2(N4)c3ccccc3-c3ccccc32)=C(O)/C1=c1\ccc2c(Br)ccc3c2c1=NC1(N3)c2ccccc2-c2ccccc21. The molecule has 13 rings (SSSR count). The number of anilines is 3. The summed E-state index contributed by atoms with van der Waals surface area (Å²) in [5, 5.41) is 29.1. The van der Waals surface area contributed by atoms with Crippen molar-refractivity contribution in [3.8, 4) is 22.3 Å². The highest BCUT2D eigenvalue weighted by atomic mass is 79.9. The molecule has 0 saturated carbocycles. The van der Waals surface area contributed by atoms with Crippen LogP contribution in [-0.4, -0.2) is 10.9 Å². The summed E-state index contributed by atoms with van der Waals surface area (Å²) in [5.41, 5.74) is 10.9. The van der Waals surface area contributed by atoms with Crippen molar-refractivity contribution in [2.24, 2.45) is 4.99 Å². The van der Waals surface area contributed by atoms with Gasteiger partial charge in [0.2, 0.25) is 5.78 Å². The predicted octanol–water partition coefficient (Wildman–Crippen LogP) is 10.9.